The largest absolute Gasteiger partial charge is 0.416 e. The molecule has 0 saturated carbocycles. The monoisotopic (exact) mass is 449 g/mol. The molecule has 2 aromatic carbocycles. The Bertz CT molecular complexity index is 1240. The lowest BCUT2D eigenvalue weighted by molar-refractivity contribution is -0.137. The number of fused-ring (bicyclic) bond motifs is 1. The lowest BCUT2D eigenvalue weighted by Crippen LogP contribution is -2.30. The van der Waals surface area contributed by atoms with Crippen LogP contribution in [0.5, 0.6) is 0 Å². The third-order valence-corrected chi connectivity index (χ3v) is 5.41. The second-order valence-corrected chi connectivity index (χ2v) is 7.53. The van der Waals surface area contributed by atoms with E-state index in [4.69, 9.17) is 0 Å². The number of hydrogen-bond acceptors (Lipinski definition) is 4. The van der Waals surface area contributed by atoms with Crippen molar-refractivity contribution >= 4 is 32.6 Å². The number of alkyl halides is 3. The minimum absolute atomic E-state index is 0.0187. The van der Waals surface area contributed by atoms with Gasteiger partial charge in [0.15, 0.2) is 10.9 Å². The van der Waals surface area contributed by atoms with Gasteiger partial charge in [0.25, 0.3) is 5.91 Å². The van der Waals surface area contributed by atoms with Crippen LogP contribution in [-0.4, -0.2) is 15.9 Å². The van der Waals surface area contributed by atoms with Crippen LogP contribution in [-0.2, 0) is 12.7 Å². The quantitative estimate of drug-likeness (QED) is 0.368. The van der Waals surface area contributed by atoms with Gasteiger partial charge < -0.3 is 0 Å². The van der Waals surface area contributed by atoms with E-state index in [1.807, 2.05) is 0 Å². The highest BCUT2D eigenvalue weighted by molar-refractivity contribution is 7.22. The van der Waals surface area contributed by atoms with Gasteiger partial charge in [0.05, 0.1) is 22.5 Å². The molecule has 0 radical (unpaired) electrons. The van der Waals surface area contributed by atoms with E-state index in [1.165, 1.54) is 11.1 Å². The molecule has 0 aliphatic rings. The van der Waals surface area contributed by atoms with Crippen LogP contribution in [0.1, 0.15) is 21.6 Å². The summed E-state index contributed by atoms with van der Waals surface area (Å²) in [5.74, 6) is -2.32. The molecule has 158 valence electrons. The molecule has 1 amide bonds. The van der Waals surface area contributed by atoms with Gasteiger partial charge in [-0.25, -0.2) is 13.8 Å². The van der Waals surface area contributed by atoms with Crippen molar-refractivity contribution < 1.29 is 26.7 Å². The van der Waals surface area contributed by atoms with Gasteiger partial charge in [-0.05, 0) is 42.5 Å². The van der Waals surface area contributed by atoms with Crippen molar-refractivity contribution in [3.63, 3.8) is 0 Å². The van der Waals surface area contributed by atoms with Crippen LogP contribution >= 0.6 is 11.3 Å². The SMILES string of the molecule is O=C(c1ccc(C(F)(F)F)cc1)N(Cc1ccccn1)c1nc2c(F)cc(F)cc2s1. The summed E-state index contributed by atoms with van der Waals surface area (Å²) in [6, 6.07) is 10.6. The molecule has 4 nitrogen and oxygen atoms in total. The third kappa shape index (κ3) is 4.38. The summed E-state index contributed by atoms with van der Waals surface area (Å²) in [6.07, 6.45) is -3.02. The third-order valence-electron chi connectivity index (χ3n) is 4.38. The maximum atomic E-state index is 14.1. The Balaban J connectivity index is 1.76. The summed E-state index contributed by atoms with van der Waals surface area (Å²) in [4.78, 5) is 22.6. The van der Waals surface area contributed by atoms with Crippen molar-refractivity contribution in [2.24, 2.45) is 0 Å². The molecular weight excluding hydrogens is 437 g/mol. The molecule has 10 heteroatoms. The first-order valence-corrected chi connectivity index (χ1v) is 9.68. The summed E-state index contributed by atoms with van der Waals surface area (Å²) < 4.78 is 66.4. The van der Waals surface area contributed by atoms with Crippen LogP contribution in [0.2, 0.25) is 0 Å². The van der Waals surface area contributed by atoms with E-state index < -0.39 is 29.3 Å². The molecule has 0 bridgehead atoms. The molecule has 4 aromatic rings. The van der Waals surface area contributed by atoms with Crippen molar-refractivity contribution in [1.82, 2.24) is 9.97 Å². The van der Waals surface area contributed by atoms with Gasteiger partial charge in [-0.1, -0.05) is 17.4 Å². The molecule has 4 rings (SSSR count). The number of hydrogen-bond donors (Lipinski definition) is 0. The number of benzene rings is 2. The Labute approximate surface area is 176 Å². The van der Waals surface area contributed by atoms with Crippen LogP contribution in [0.4, 0.5) is 27.1 Å². The van der Waals surface area contributed by atoms with Gasteiger partial charge in [0.1, 0.15) is 11.3 Å². The molecule has 0 atom stereocenters. The average Bonchev–Trinajstić information content (AvgIpc) is 3.16. The Morgan fingerprint density at radius 3 is 2.42 bits per heavy atom. The van der Waals surface area contributed by atoms with E-state index in [-0.39, 0.29) is 27.5 Å². The van der Waals surface area contributed by atoms with Gasteiger partial charge in [-0.15, -0.1) is 0 Å². The molecule has 0 aliphatic carbocycles. The zero-order valence-electron chi connectivity index (χ0n) is 15.5. The van der Waals surface area contributed by atoms with Gasteiger partial charge in [0.2, 0.25) is 0 Å². The second kappa shape index (κ2) is 8.03. The predicted octanol–water partition coefficient (Wildman–Crippen LogP) is 5.84. The first kappa shape index (κ1) is 20.9. The Morgan fingerprint density at radius 1 is 1.03 bits per heavy atom. The Hall–Kier alpha value is -3.40. The lowest BCUT2D eigenvalue weighted by Gasteiger charge is -2.20. The minimum atomic E-state index is -4.54. The highest BCUT2D eigenvalue weighted by Gasteiger charge is 2.31. The normalized spacial score (nSPS) is 11.6. The molecule has 0 saturated heterocycles. The molecule has 0 N–H and O–H groups in total. The van der Waals surface area contributed by atoms with Crippen LogP contribution < -0.4 is 4.90 Å². The molecule has 2 heterocycles. The fourth-order valence-electron chi connectivity index (χ4n) is 2.90. The Kier molecular flexibility index (Phi) is 5.40. The fourth-order valence-corrected chi connectivity index (χ4v) is 3.90. The van der Waals surface area contributed by atoms with E-state index >= 15 is 0 Å². The van der Waals surface area contributed by atoms with Gasteiger partial charge in [-0.2, -0.15) is 13.2 Å². The zero-order chi connectivity index (χ0) is 22.2. The highest BCUT2D eigenvalue weighted by atomic mass is 32.1. The summed E-state index contributed by atoms with van der Waals surface area (Å²) in [6.45, 7) is -0.0649. The molecule has 2 aromatic heterocycles. The van der Waals surface area contributed by atoms with Crippen LogP contribution in [0.15, 0.2) is 60.8 Å². The first-order valence-electron chi connectivity index (χ1n) is 8.87. The number of anilines is 1. The molecule has 0 unspecified atom stereocenters. The van der Waals surface area contributed by atoms with Gasteiger partial charge >= 0.3 is 6.18 Å². The summed E-state index contributed by atoms with van der Waals surface area (Å²) in [7, 11) is 0. The predicted molar refractivity (Wildman–Crippen MR) is 106 cm³/mol. The minimum Gasteiger partial charge on any atom is -0.278 e. The number of halogens is 5. The van der Waals surface area contributed by atoms with E-state index in [2.05, 4.69) is 9.97 Å². The van der Waals surface area contributed by atoms with Crippen molar-refractivity contribution in [2.75, 3.05) is 4.90 Å². The number of carbonyl (C=O) groups excluding carboxylic acids is 1. The Morgan fingerprint density at radius 2 is 1.77 bits per heavy atom. The summed E-state index contributed by atoms with van der Waals surface area (Å²) in [5, 5.41) is 0.0649. The number of thiazole rings is 1. The maximum Gasteiger partial charge on any atom is 0.416 e. The van der Waals surface area contributed by atoms with Crippen LogP contribution in [0.3, 0.4) is 0 Å². The van der Waals surface area contributed by atoms with E-state index in [1.54, 1.807) is 18.2 Å². The van der Waals surface area contributed by atoms with E-state index in [9.17, 15) is 26.7 Å². The van der Waals surface area contributed by atoms with Crippen LogP contribution in [0.25, 0.3) is 10.2 Å². The fraction of sp³-hybridized carbons (Fsp3) is 0.0952. The number of nitrogens with zero attached hydrogens (tertiary/aromatic N) is 3. The van der Waals surface area contributed by atoms with Crippen molar-refractivity contribution in [1.29, 1.82) is 0 Å². The number of aromatic nitrogens is 2. The smallest absolute Gasteiger partial charge is 0.278 e. The van der Waals surface area contributed by atoms with Gasteiger partial charge in [-0.3, -0.25) is 14.7 Å². The van der Waals surface area contributed by atoms with Gasteiger partial charge in [0, 0.05) is 17.8 Å². The topological polar surface area (TPSA) is 46.1 Å². The maximum absolute atomic E-state index is 14.1. The van der Waals surface area contributed by atoms with E-state index in [0.717, 1.165) is 41.7 Å². The molecule has 0 fully saturated rings. The summed E-state index contributed by atoms with van der Waals surface area (Å²) in [5.41, 5.74) is -0.533. The van der Waals surface area contributed by atoms with E-state index in [0.29, 0.717) is 11.8 Å². The second-order valence-electron chi connectivity index (χ2n) is 6.52. The average molecular weight is 449 g/mol. The van der Waals surface area contributed by atoms with Crippen molar-refractivity contribution in [3.8, 4) is 0 Å². The molecule has 31 heavy (non-hydrogen) atoms. The molecule has 0 spiro atoms. The number of amides is 1. The lowest BCUT2D eigenvalue weighted by atomic mass is 10.1. The molecular formula is C21H12F5N3OS. The first-order chi connectivity index (χ1) is 14.7. The van der Waals surface area contributed by atoms with Crippen molar-refractivity contribution in [3.05, 3.63) is 89.2 Å². The standard InChI is InChI=1S/C21H12F5N3OS/c22-14-9-16(23)18-17(10-14)31-20(28-18)29(11-15-3-1-2-8-27-15)19(30)12-4-6-13(7-5-12)21(24,25)26/h1-10H,11H2. The summed E-state index contributed by atoms with van der Waals surface area (Å²) >= 11 is 0.890. The van der Waals surface area contributed by atoms with Crippen molar-refractivity contribution in [2.45, 2.75) is 12.7 Å². The van der Waals surface area contributed by atoms with Crippen LogP contribution in [0, 0.1) is 11.6 Å². The zero-order valence-corrected chi connectivity index (χ0v) is 16.3. The number of pyridine rings is 1. The number of rotatable bonds is 4. The highest BCUT2D eigenvalue weighted by Crippen LogP contribution is 2.33. The molecule has 0 aliphatic heterocycles. The number of carbonyl (C=O) groups is 1.